The van der Waals surface area contributed by atoms with Crippen molar-refractivity contribution >= 4 is 44.1 Å². The highest BCUT2D eigenvalue weighted by Crippen LogP contribution is 2.36. The number of carbonyl (C=O) groups excluding carboxylic acids is 2. The molecule has 0 aliphatic rings. The van der Waals surface area contributed by atoms with E-state index in [4.69, 9.17) is 9.47 Å². The van der Waals surface area contributed by atoms with E-state index in [2.05, 4.69) is 35.1 Å². The van der Waals surface area contributed by atoms with E-state index in [0.29, 0.717) is 23.6 Å². The second kappa shape index (κ2) is 12.0. The van der Waals surface area contributed by atoms with Gasteiger partial charge < -0.3 is 14.8 Å². The molecule has 1 amide bonds. The number of aryl methyl sites for hydroxylation is 2. The summed E-state index contributed by atoms with van der Waals surface area (Å²) in [6.07, 6.45) is 2.74. The van der Waals surface area contributed by atoms with Crippen LogP contribution in [0.3, 0.4) is 0 Å². The molecular weight excluding hydrogens is 502 g/mol. The number of nitrogens with one attached hydrogen (secondary N) is 1. The minimum Gasteiger partial charge on any atom is -0.492 e. The van der Waals surface area contributed by atoms with Crippen molar-refractivity contribution in [3.8, 4) is 16.9 Å². The molecule has 1 aromatic heterocycles. The molecule has 0 saturated heterocycles. The zero-order valence-corrected chi connectivity index (χ0v) is 21.5. The molecule has 0 unspecified atom stereocenters. The first-order valence-corrected chi connectivity index (χ1v) is 12.6. The van der Waals surface area contributed by atoms with Crippen molar-refractivity contribution < 1.29 is 19.1 Å². The summed E-state index contributed by atoms with van der Waals surface area (Å²) in [7, 11) is 1.35. The minimum absolute atomic E-state index is 0.168. The Kier molecular flexibility index (Phi) is 9.09. The van der Waals surface area contributed by atoms with Crippen molar-refractivity contribution in [2.75, 3.05) is 19.0 Å². The number of rotatable bonds is 10. The topological polar surface area (TPSA) is 64.6 Å². The van der Waals surface area contributed by atoms with Crippen molar-refractivity contribution in [3.63, 3.8) is 0 Å². The van der Waals surface area contributed by atoms with Gasteiger partial charge in [-0.2, -0.15) is 0 Å². The number of benzene rings is 2. The van der Waals surface area contributed by atoms with Gasteiger partial charge in [-0.1, -0.05) is 44.2 Å². The van der Waals surface area contributed by atoms with Crippen molar-refractivity contribution in [1.82, 2.24) is 0 Å². The van der Waals surface area contributed by atoms with Gasteiger partial charge in [-0.3, -0.25) is 4.79 Å². The van der Waals surface area contributed by atoms with Crippen LogP contribution in [-0.4, -0.2) is 25.6 Å². The SMILES string of the molecule is CCc1ccc(-c2csc(NC(=O)CCCOc3ccc(CC)cc3Br)c2C(=O)OC)cc1. The quantitative estimate of drug-likeness (QED) is 0.229. The molecule has 0 atom stereocenters. The third-order valence-electron chi connectivity index (χ3n) is 5.32. The molecule has 1 N–H and O–H groups in total. The molecule has 33 heavy (non-hydrogen) atoms. The van der Waals surface area contributed by atoms with E-state index < -0.39 is 5.97 Å². The highest BCUT2D eigenvalue weighted by Gasteiger charge is 2.22. The van der Waals surface area contributed by atoms with E-state index in [1.54, 1.807) is 0 Å². The van der Waals surface area contributed by atoms with Crippen molar-refractivity contribution in [2.45, 2.75) is 39.5 Å². The summed E-state index contributed by atoms with van der Waals surface area (Å²) in [6, 6.07) is 14.1. The van der Waals surface area contributed by atoms with Crippen LogP contribution in [0.4, 0.5) is 5.00 Å². The summed E-state index contributed by atoms with van der Waals surface area (Å²) < 4.78 is 11.7. The first-order chi connectivity index (χ1) is 16.0. The standard InChI is InChI=1S/C26H28BrNO4S/c1-4-17-8-11-19(12-9-17)20-16-33-25(24(20)26(30)31-3)28-23(29)7-6-14-32-22-13-10-18(5-2)15-21(22)27/h8-13,15-16H,4-7,14H2,1-3H3,(H,28,29). The summed E-state index contributed by atoms with van der Waals surface area (Å²) >= 11 is 4.85. The van der Waals surface area contributed by atoms with Gasteiger partial charge in [0.05, 0.1) is 18.2 Å². The molecule has 1 heterocycles. The minimum atomic E-state index is -0.468. The Morgan fingerprint density at radius 1 is 1.03 bits per heavy atom. The smallest absolute Gasteiger partial charge is 0.341 e. The van der Waals surface area contributed by atoms with Gasteiger partial charge in [0.25, 0.3) is 0 Å². The zero-order chi connectivity index (χ0) is 23.8. The maximum absolute atomic E-state index is 12.5. The fourth-order valence-electron chi connectivity index (χ4n) is 3.37. The van der Waals surface area contributed by atoms with Crippen molar-refractivity contribution in [2.24, 2.45) is 0 Å². The molecule has 3 rings (SSSR count). The van der Waals surface area contributed by atoms with E-state index in [0.717, 1.165) is 34.2 Å². The lowest BCUT2D eigenvalue weighted by molar-refractivity contribution is -0.116. The number of halogens is 1. The molecule has 174 valence electrons. The second-order valence-electron chi connectivity index (χ2n) is 7.51. The zero-order valence-electron chi connectivity index (χ0n) is 19.1. The van der Waals surface area contributed by atoms with Crippen molar-refractivity contribution in [1.29, 1.82) is 0 Å². The number of carbonyl (C=O) groups is 2. The third kappa shape index (κ3) is 6.45. The van der Waals surface area contributed by atoms with Gasteiger partial charge in [0.15, 0.2) is 0 Å². The summed E-state index contributed by atoms with van der Waals surface area (Å²) in [5, 5.41) is 5.26. The predicted octanol–water partition coefficient (Wildman–Crippen LogP) is 6.89. The number of methoxy groups -OCH3 is 1. The summed E-state index contributed by atoms with van der Waals surface area (Å²) in [4.78, 5) is 25.0. The lowest BCUT2D eigenvalue weighted by Crippen LogP contribution is -2.15. The molecule has 0 spiro atoms. The normalized spacial score (nSPS) is 10.7. The number of hydrogen-bond donors (Lipinski definition) is 1. The first kappa shape index (κ1) is 25.0. The summed E-state index contributed by atoms with van der Waals surface area (Å²) in [5.74, 6) is 0.126. The number of ether oxygens (including phenoxy) is 2. The van der Waals surface area contributed by atoms with Crippen LogP contribution < -0.4 is 10.1 Å². The maximum atomic E-state index is 12.5. The van der Waals surface area contributed by atoms with Crippen LogP contribution in [0.25, 0.3) is 11.1 Å². The maximum Gasteiger partial charge on any atom is 0.341 e. The Labute approximate surface area is 207 Å². The molecule has 0 radical (unpaired) electrons. The Morgan fingerprint density at radius 3 is 2.36 bits per heavy atom. The van der Waals surface area contributed by atoms with Crippen LogP contribution in [0.15, 0.2) is 52.3 Å². The van der Waals surface area contributed by atoms with E-state index >= 15 is 0 Å². The largest absolute Gasteiger partial charge is 0.492 e. The Morgan fingerprint density at radius 2 is 1.73 bits per heavy atom. The van der Waals surface area contributed by atoms with Crippen LogP contribution in [0.1, 0.15) is 48.2 Å². The lowest BCUT2D eigenvalue weighted by atomic mass is 10.0. The molecule has 0 fully saturated rings. The monoisotopic (exact) mass is 529 g/mol. The average Bonchev–Trinajstić information content (AvgIpc) is 3.25. The van der Waals surface area contributed by atoms with Crippen molar-refractivity contribution in [3.05, 3.63) is 69.0 Å². The van der Waals surface area contributed by atoms with E-state index in [9.17, 15) is 9.59 Å². The number of esters is 1. The van der Waals surface area contributed by atoms with Crippen LogP contribution in [-0.2, 0) is 22.4 Å². The van der Waals surface area contributed by atoms with Gasteiger partial charge >= 0.3 is 5.97 Å². The molecule has 0 bridgehead atoms. The summed E-state index contributed by atoms with van der Waals surface area (Å²) in [6.45, 7) is 4.62. The van der Waals surface area contributed by atoms with E-state index in [1.165, 1.54) is 29.6 Å². The van der Waals surface area contributed by atoms with Crippen LogP contribution in [0, 0.1) is 0 Å². The molecule has 0 saturated carbocycles. The van der Waals surface area contributed by atoms with Crippen LogP contribution >= 0.6 is 27.3 Å². The number of hydrogen-bond acceptors (Lipinski definition) is 5. The van der Waals surface area contributed by atoms with E-state index in [-0.39, 0.29) is 12.3 Å². The average molecular weight is 530 g/mol. The molecule has 3 aromatic rings. The second-order valence-corrected chi connectivity index (χ2v) is 9.25. The van der Waals surface area contributed by atoms with Gasteiger partial charge in [-0.15, -0.1) is 11.3 Å². The Balaban J connectivity index is 1.62. The van der Waals surface area contributed by atoms with Gasteiger partial charge in [0, 0.05) is 17.4 Å². The van der Waals surface area contributed by atoms with Gasteiger partial charge in [0.1, 0.15) is 16.3 Å². The number of anilines is 1. The van der Waals surface area contributed by atoms with Gasteiger partial charge in [-0.05, 0) is 64.0 Å². The van der Waals surface area contributed by atoms with Gasteiger partial charge in [0.2, 0.25) is 5.91 Å². The summed E-state index contributed by atoms with van der Waals surface area (Å²) in [5.41, 5.74) is 4.51. The van der Waals surface area contributed by atoms with Gasteiger partial charge in [-0.25, -0.2) is 4.79 Å². The highest BCUT2D eigenvalue weighted by molar-refractivity contribution is 9.10. The number of thiophene rings is 1. The molecule has 2 aromatic carbocycles. The lowest BCUT2D eigenvalue weighted by Gasteiger charge is -2.10. The van der Waals surface area contributed by atoms with Crippen LogP contribution in [0.2, 0.25) is 0 Å². The number of amides is 1. The highest BCUT2D eigenvalue weighted by atomic mass is 79.9. The van der Waals surface area contributed by atoms with E-state index in [1.807, 2.05) is 47.8 Å². The Hall–Kier alpha value is -2.64. The first-order valence-electron chi connectivity index (χ1n) is 11.0. The van der Waals surface area contributed by atoms with Crippen LogP contribution in [0.5, 0.6) is 5.75 Å². The third-order valence-corrected chi connectivity index (χ3v) is 6.83. The molecule has 5 nitrogen and oxygen atoms in total. The Bertz CT molecular complexity index is 1110. The molecular formula is C26H28BrNO4S. The predicted molar refractivity (Wildman–Crippen MR) is 137 cm³/mol. The fraction of sp³-hybridized carbons (Fsp3) is 0.308. The molecule has 7 heteroatoms. The molecule has 0 aliphatic carbocycles. The fourth-order valence-corrected chi connectivity index (χ4v) is 4.89. The molecule has 0 aliphatic heterocycles.